The van der Waals surface area contributed by atoms with E-state index in [1.165, 1.54) is 0 Å². The quantitative estimate of drug-likeness (QED) is 0.593. The first kappa shape index (κ1) is 22.3. The van der Waals surface area contributed by atoms with Crippen LogP contribution >= 0.6 is 11.6 Å². The van der Waals surface area contributed by atoms with Gasteiger partial charge in [0.25, 0.3) is 5.91 Å². The van der Waals surface area contributed by atoms with Crippen LogP contribution in [0.5, 0.6) is 0 Å². The molecule has 3 aromatic rings. The van der Waals surface area contributed by atoms with Gasteiger partial charge >= 0.3 is 10.2 Å². The Morgan fingerprint density at radius 2 is 1.75 bits per heavy atom. The summed E-state index contributed by atoms with van der Waals surface area (Å²) in [5.74, 6) is -1.02. The number of hydrogen-bond donors (Lipinski definition) is 2. The van der Waals surface area contributed by atoms with E-state index in [0.717, 1.165) is 33.3 Å². The van der Waals surface area contributed by atoms with E-state index in [4.69, 9.17) is 11.6 Å². The van der Waals surface area contributed by atoms with E-state index in [1.54, 1.807) is 17.7 Å². The maximum Gasteiger partial charge on any atom is 0.303 e. The Bertz CT molecular complexity index is 1330. The van der Waals surface area contributed by atoms with E-state index < -0.39 is 21.7 Å². The number of aryl methyl sites for hydroxylation is 2. The van der Waals surface area contributed by atoms with Crippen LogP contribution in [0.25, 0.3) is 10.9 Å². The molecule has 0 aliphatic carbocycles. The van der Waals surface area contributed by atoms with Gasteiger partial charge in [-0.25, -0.2) is 4.72 Å². The van der Waals surface area contributed by atoms with Crippen molar-refractivity contribution in [2.75, 3.05) is 13.1 Å². The number of carbonyl (C=O) groups is 2. The number of benzene rings is 2. The average molecular weight is 475 g/mol. The van der Waals surface area contributed by atoms with Crippen LogP contribution in [0.3, 0.4) is 0 Å². The lowest BCUT2D eigenvalue weighted by molar-refractivity contribution is -0.117. The van der Waals surface area contributed by atoms with Gasteiger partial charge in [-0.05, 0) is 30.2 Å². The fourth-order valence-corrected chi connectivity index (χ4v) is 5.53. The maximum absolute atomic E-state index is 13.3. The molecular formula is C22H23ClN4O4S. The molecule has 0 spiro atoms. The minimum Gasteiger partial charge on any atom is -0.340 e. The van der Waals surface area contributed by atoms with Crippen molar-refractivity contribution < 1.29 is 18.0 Å². The first-order chi connectivity index (χ1) is 15.0. The zero-order valence-corrected chi connectivity index (χ0v) is 19.4. The third-order valence-corrected chi connectivity index (χ3v) is 7.76. The predicted octanol–water partition coefficient (Wildman–Crippen LogP) is 2.46. The van der Waals surface area contributed by atoms with E-state index >= 15 is 0 Å². The third kappa shape index (κ3) is 3.76. The summed E-state index contributed by atoms with van der Waals surface area (Å²) >= 11 is 6.44. The monoisotopic (exact) mass is 474 g/mol. The summed E-state index contributed by atoms with van der Waals surface area (Å²) in [5.41, 5.74) is 1.99. The first-order valence-electron chi connectivity index (χ1n) is 9.95. The molecule has 1 aliphatic rings. The van der Waals surface area contributed by atoms with Gasteiger partial charge in [0.05, 0.1) is 10.6 Å². The van der Waals surface area contributed by atoms with Crippen molar-refractivity contribution in [2.24, 2.45) is 7.05 Å². The molecule has 168 valence electrons. The Kier molecular flexibility index (Phi) is 5.52. The average Bonchev–Trinajstić information content (AvgIpc) is 3.04. The molecule has 1 aliphatic heterocycles. The highest BCUT2D eigenvalue weighted by Crippen LogP contribution is 2.35. The van der Waals surface area contributed by atoms with E-state index in [9.17, 15) is 18.0 Å². The van der Waals surface area contributed by atoms with Crippen LogP contribution in [0.1, 0.15) is 28.5 Å². The van der Waals surface area contributed by atoms with Gasteiger partial charge in [-0.3, -0.25) is 9.59 Å². The van der Waals surface area contributed by atoms with Gasteiger partial charge in [0.15, 0.2) is 0 Å². The standard InChI is InChI=1S/C22H23ClN4O4S/c1-14-9-10-18-17(20(14)23)11-19(26(18)3)21(29)24-22(16-7-5-4-6-8-16)12-27(13-22)32(30,31)25-15(2)28/h4-11H,12-13H2,1-3H3,(H,24,29)(H,25,28). The number of nitrogens with zero attached hydrogens (tertiary/aromatic N) is 2. The molecule has 0 atom stereocenters. The molecule has 2 N–H and O–H groups in total. The summed E-state index contributed by atoms with van der Waals surface area (Å²) < 4.78 is 29.7. The summed E-state index contributed by atoms with van der Waals surface area (Å²) in [4.78, 5) is 24.6. The first-order valence-corrected chi connectivity index (χ1v) is 11.8. The van der Waals surface area contributed by atoms with Crippen LogP contribution in [0.2, 0.25) is 5.02 Å². The van der Waals surface area contributed by atoms with Crippen LogP contribution in [0.15, 0.2) is 48.5 Å². The lowest BCUT2D eigenvalue weighted by Gasteiger charge is -2.49. The van der Waals surface area contributed by atoms with Gasteiger partial charge in [0.1, 0.15) is 5.69 Å². The highest BCUT2D eigenvalue weighted by Gasteiger charge is 2.50. The molecule has 1 saturated heterocycles. The zero-order chi connectivity index (χ0) is 23.3. The van der Waals surface area contributed by atoms with Crippen LogP contribution in [-0.4, -0.2) is 42.2 Å². The lowest BCUT2D eigenvalue weighted by Crippen LogP contribution is -2.70. The molecular weight excluding hydrogens is 452 g/mol. The summed E-state index contributed by atoms with van der Waals surface area (Å²) in [6.45, 7) is 3.03. The molecule has 0 bridgehead atoms. The van der Waals surface area contributed by atoms with Crippen molar-refractivity contribution in [3.05, 3.63) is 70.4 Å². The molecule has 0 radical (unpaired) electrons. The minimum atomic E-state index is -3.98. The maximum atomic E-state index is 13.3. The topological polar surface area (TPSA) is 101 Å². The number of rotatable bonds is 5. The molecule has 4 rings (SSSR count). The van der Waals surface area contributed by atoms with Gasteiger partial charge in [0.2, 0.25) is 5.91 Å². The molecule has 0 unspecified atom stereocenters. The lowest BCUT2D eigenvalue weighted by atomic mass is 9.84. The van der Waals surface area contributed by atoms with E-state index in [0.29, 0.717) is 10.7 Å². The number of amides is 2. The fourth-order valence-electron chi connectivity index (χ4n) is 4.05. The third-order valence-electron chi connectivity index (χ3n) is 5.77. The van der Waals surface area contributed by atoms with Crippen LogP contribution < -0.4 is 10.0 Å². The predicted molar refractivity (Wildman–Crippen MR) is 123 cm³/mol. The van der Waals surface area contributed by atoms with E-state index in [-0.39, 0.29) is 19.0 Å². The van der Waals surface area contributed by atoms with Gasteiger partial charge in [-0.15, -0.1) is 0 Å². The van der Waals surface area contributed by atoms with Crippen LogP contribution in [0, 0.1) is 6.92 Å². The van der Waals surface area contributed by atoms with Crippen molar-refractivity contribution >= 4 is 44.5 Å². The van der Waals surface area contributed by atoms with Crippen molar-refractivity contribution in [1.29, 1.82) is 0 Å². The minimum absolute atomic E-state index is 0.00479. The van der Waals surface area contributed by atoms with E-state index in [2.05, 4.69) is 5.32 Å². The SMILES string of the molecule is CC(=O)NS(=O)(=O)N1CC(NC(=O)c2cc3c(Cl)c(C)ccc3n2C)(c2ccccc2)C1. The van der Waals surface area contributed by atoms with Crippen molar-refractivity contribution in [3.63, 3.8) is 0 Å². The summed E-state index contributed by atoms with van der Waals surface area (Å²) in [5, 5.41) is 4.40. The highest BCUT2D eigenvalue weighted by atomic mass is 35.5. The fraction of sp³-hybridized carbons (Fsp3) is 0.273. The number of hydrogen-bond acceptors (Lipinski definition) is 4. The number of nitrogens with one attached hydrogen (secondary N) is 2. The molecule has 1 fully saturated rings. The number of aromatic nitrogens is 1. The largest absolute Gasteiger partial charge is 0.340 e. The molecule has 2 aromatic carbocycles. The molecule has 2 amide bonds. The van der Waals surface area contributed by atoms with Crippen molar-refractivity contribution in [3.8, 4) is 0 Å². The van der Waals surface area contributed by atoms with Gasteiger partial charge < -0.3 is 9.88 Å². The summed E-state index contributed by atoms with van der Waals surface area (Å²) in [7, 11) is -2.20. The number of halogens is 1. The Hall–Kier alpha value is -2.88. The Morgan fingerprint density at radius 1 is 1.09 bits per heavy atom. The van der Waals surface area contributed by atoms with Crippen LogP contribution in [-0.2, 0) is 27.6 Å². The Morgan fingerprint density at radius 3 is 2.38 bits per heavy atom. The Balaban J connectivity index is 1.67. The van der Waals surface area contributed by atoms with Crippen molar-refractivity contribution in [2.45, 2.75) is 19.4 Å². The normalized spacial score (nSPS) is 15.9. The second-order valence-electron chi connectivity index (χ2n) is 8.05. The Labute approximate surface area is 191 Å². The highest BCUT2D eigenvalue weighted by molar-refractivity contribution is 7.87. The molecule has 8 nitrogen and oxygen atoms in total. The van der Waals surface area contributed by atoms with Crippen LogP contribution in [0.4, 0.5) is 0 Å². The number of carbonyl (C=O) groups excluding carboxylic acids is 2. The van der Waals surface area contributed by atoms with E-state index in [1.807, 2.05) is 54.1 Å². The smallest absolute Gasteiger partial charge is 0.303 e. The molecule has 2 heterocycles. The zero-order valence-electron chi connectivity index (χ0n) is 17.8. The van der Waals surface area contributed by atoms with Crippen molar-refractivity contribution in [1.82, 2.24) is 18.9 Å². The molecule has 32 heavy (non-hydrogen) atoms. The van der Waals surface area contributed by atoms with Gasteiger partial charge in [0, 0.05) is 38.0 Å². The van der Waals surface area contributed by atoms with Gasteiger partial charge in [-0.1, -0.05) is 48.0 Å². The second-order valence-corrected chi connectivity index (χ2v) is 10.1. The molecule has 10 heteroatoms. The summed E-state index contributed by atoms with van der Waals surface area (Å²) in [6.07, 6.45) is 0. The second kappa shape index (κ2) is 7.91. The molecule has 0 saturated carbocycles. The van der Waals surface area contributed by atoms with Gasteiger partial charge in [-0.2, -0.15) is 12.7 Å². The molecule has 1 aromatic heterocycles. The number of fused-ring (bicyclic) bond motifs is 1. The summed E-state index contributed by atoms with van der Waals surface area (Å²) in [6, 6.07) is 14.7.